The summed E-state index contributed by atoms with van der Waals surface area (Å²) in [6, 6.07) is 0. The molecule has 0 aliphatic rings. The lowest BCUT2D eigenvalue weighted by Crippen LogP contribution is -2.40. The molecule has 0 saturated heterocycles. The van der Waals surface area contributed by atoms with Gasteiger partial charge in [0.1, 0.15) is 3.23 Å². The van der Waals surface area contributed by atoms with Crippen LogP contribution in [0.25, 0.3) is 0 Å². The van der Waals surface area contributed by atoms with Gasteiger partial charge in [-0.2, -0.15) is 0 Å². The minimum absolute atomic E-state index is 0.426. The Morgan fingerprint density at radius 3 is 1.40 bits per heavy atom. The van der Waals surface area contributed by atoms with Gasteiger partial charge in [0.15, 0.2) is 19.7 Å². The van der Waals surface area contributed by atoms with Gasteiger partial charge in [-0.3, -0.25) is 0 Å². The lowest BCUT2D eigenvalue weighted by Gasteiger charge is -2.29. The molecule has 0 rings (SSSR count). The van der Waals surface area contributed by atoms with Gasteiger partial charge in [-0.1, -0.05) is 54.7 Å². The summed E-state index contributed by atoms with van der Waals surface area (Å²) in [6.07, 6.45) is 1.71. The van der Waals surface area contributed by atoms with Gasteiger partial charge in [0.05, 0.1) is 0 Å². The zero-order valence-electron chi connectivity index (χ0n) is 8.16. The first-order chi connectivity index (χ1) is 6.31. The number of alkyl halides is 3. The van der Waals surface area contributed by atoms with E-state index in [0.717, 1.165) is 12.5 Å². The second kappa shape index (κ2) is 4.91. The van der Waals surface area contributed by atoms with Crippen molar-refractivity contribution in [2.75, 3.05) is 12.5 Å². The minimum Gasteiger partial charge on any atom is -0.227 e. The number of hydrogen-bond acceptors (Lipinski definition) is 4. The van der Waals surface area contributed by atoms with Crippen molar-refractivity contribution in [2.45, 2.75) is 15.0 Å². The summed E-state index contributed by atoms with van der Waals surface area (Å²) < 4.78 is 43.8. The molecule has 0 heterocycles. The van der Waals surface area contributed by atoms with E-state index in [1.807, 2.05) is 0 Å². The van der Waals surface area contributed by atoms with Crippen molar-refractivity contribution in [3.63, 3.8) is 0 Å². The summed E-state index contributed by atoms with van der Waals surface area (Å²) in [6.45, 7) is 1.62. The largest absolute Gasteiger partial charge is 0.234 e. The highest BCUT2D eigenvalue weighted by Crippen LogP contribution is 2.47. The summed E-state index contributed by atoms with van der Waals surface area (Å²) >= 11 is 9.26. The highest BCUT2D eigenvalue weighted by molar-refractivity contribution is 9.26. The Morgan fingerprint density at radius 2 is 1.33 bits per heavy atom. The van der Waals surface area contributed by atoms with Crippen LogP contribution in [0.2, 0.25) is 0 Å². The van der Waals surface area contributed by atoms with Gasteiger partial charge in [0.25, 0.3) is 0 Å². The maximum absolute atomic E-state index is 11.4. The first-order valence-electron chi connectivity index (χ1n) is 3.60. The van der Waals surface area contributed by atoms with E-state index in [0.29, 0.717) is 0 Å². The molecule has 1 atom stereocenters. The molecule has 0 spiro atoms. The van der Waals surface area contributed by atoms with E-state index >= 15 is 0 Å². The predicted molar refractivity (Wildman–Crippen MR) is 71.9 cm³/mol. The fraction of sp³-hybridized carbons (Fsp3) is 0.833. The van der Waals surface area contributed by atoms with Gasteiger partial charge in [0, 0.05) is 17.3 Å². The number of hydrogen-bond donors (Lipinski definition) is 0. The molecule has 1 radical (unpaired) electrons. The molecular formula is C6H10Br3O4S2. The molecule has 91 valence electrons. The molecule has 0 N–H and O–H groups in total. The second-order valence-electron chi connectivity index (χ2n) is 3.07. The van der Waals surface area contributed by atoms with Crippen molar-refractivity contribution >= 4 is 67.5 Å². The van der Waals surface area contributed by atoms with Crippen LogP contribution in [0.15, 0.2) is 0 Å². The van der Waals surface area contributed by atoms with Crippen LogP contribution < -0.4 is 0 Å². The van der Waals surface area contributed by atoms with Crippen molar-refractivity contribution in [2.24, 2.45) is 0 Å². The predicted octanol–water partition coefficient (Wildman–Crippen LogP) is 1.83. The molecule has 0 fully saturated rings. The maximum Gasteiger partial charge on any atom is 0.234 e. The van der Waals surface area contributed by atoms with Crippen molar-refractivity contribution in [1.29, 1.82) is 0 Å². The molecule has 0 bridgehead atoms. The van der Waals surface area contributed by atoms with E-state index in [4.69, 9.17) is 0 Å². The number of halogens is 3. The lowest BCUT2D eigenvalue weighted by atomic mass is 10.4. The van der Waals surface area contributed by atoms with Crippen LogP contribution in [0.1, 0.15) is 6.92 Å². The van der Waals surface area contributed by atoms with Crippen molar-refractivity contribution in [3.05, 3.63) is 4.58 Å². The van der Waals surface area contributed by atoms with Gasteiger partial charge in [0.2, 0.25) is 4.58 Å². The first kappa shape index (κ1) is 16.3. The molecule has 0 saturated carbocycles. The Labute approximate surface area is 115 Å². The number of sulfone groups is 2. The van der Waals surface area contributed by atoms with Crippen LogP contribution in [0.5, 0.6) is 0 Å². The van der Waals surface area contributed by atoms with E-state index in [1.165, 1.54) is 0 Å². The molecule has 0 amide bonds. The number of rotatable bonds is 4. The molecule has 15 heavy (non-hydrogen) atoms. The molecule has 0 aromatic rings. The third-order valence-corrected chi connectivity index (χ3v) is 10.4. The Hall–Kier alpha value is 1.34. The fourth-order valence-corrected chi connectivity index (χ4v) is 8.53. The summed E-state index contributed by atoms with van der Waals surface area (Å²) in [5.74, 6) is 0. The Morgan fingerprint density at radius 1 is 1.07 bits per heavy atom. The molecule has 1 unspecified atom stereocenters. The second-order valence-corrected chi connectivity index (χ2v) is 12.2. The van der Waals surface area contributed by atoms with Gasteiger partial charge in [-0.05, 0) is 0 Å². The molecule has 0 aliphatic heterocycles. The van der Waals surface area contributed by atoms with Crippen molar-refractivity contribution in [1.82, 2.24) is 0 Å². The van der Waals surface area contributed by atoms with Crippen LogP contribution in [0, 0.1) is 4.58 Å². The Balaban J connectivity index is 5.76. The average Bonchev–Trinajstić information content (AvgIpc) is 1.76. The van der Waals surface area contributed by atoms with E-state index in [9.17, 15) is 16.8 Å². The quantitative estimate of drug-likeness (QED) is 0.614. The van der Waals surface area contributed by atoms with E-state index in [1.54, 1.807) is 6.92 Å². The van der Waals surface area contributed by atoms with Crippen molar-refractivity contribution < 1.29 is 16.8 Å². The Kier molecular flexibility index (Phi) is 5.35. The van der Waals surface area contributed by atoms with E-state index < -0.39 is 32.3 Å². The monoisotopic (exact) mass is 447 g/mol. The zero-order valence-corrected chi connectivity index (χ0v) is 14.6. The van der Waals surface area contributed by atoms with Crippen molar-refractivity contribution in [3.8, 4) is 0 Å². The standard InChI is InChI=1S/C6H10Br3O4S2/c1-4(7)6(8,9)5(14(2,10)11)15(3,12)13/h4H,1-3H3. The molecular weight excluding hydrogens is 440 g/mol. The molecule has 0 aromatic heterocycles. The fourth-order valence-electron chi connectivity index (χ4n) is 0.932. The lowest BCUT2D eigenvalue weighted by molar-refractivity contribution is 0.590. The van der Waals surface area contributed by atoms with E-state index in [2.05, 4.69) is 47.8 Å². The zero-order chi connectivity index (χ0) is 12.7. The van der Waals surface area contributed by atoms with Crippen LogP contribution in [0.3, 0.4) is 0 Å². The third kappa shape index (κ3) is 4.25. The SMILES string of the molecule is CC(Br)C(Br)(Br)[C](S(C)(=O)=O)S(C)(=O)=O. The first-order valence-corrected chi connectivity index (χ1v) is 9.89. The van der Waals surface area contributed by atoms with Crippen LogP contribution in [0.4, 0.5) is 0 Å². The van der Waals surface area contributed by atoms with Gasteiger partial charge in [-0.25, -0.2) is 16.8 Å². The van der Waals surface area contributed by atoms with Crippen LogP contribution in [-0.2, 0) is 19.7 Å². The summed E-state index contributed by atoms with van der Waals surface area (Å²) in [5, 5.41) is 0. The van der Waals surface area contributed by atoms with Gasteiger partial charge in [-0.15, -0.1) is 0 Å². The molecule has 0 aromatic carbocycles. The topological polar surface area (TPSA) is 68.3 Å². The molecule has 0 aliphatic carbocycles. The smallest absolute Gasteiger partial charge is 0.227 e. The minimum atomic E-state index is -3.82. The van der Waals surface area contributed by atoms with E-state index in [-0.39, 0.29) is 0 Å². The molecule has 9 heteroatoms. The summed E-state index contributed by atoms with van der Waals surface area (Å²) in [7, 11) is -7.64. The highest BCUT2D eigenvalue weighted by atomic mass is 79.9. The summed E-state index contributed by atoms with van der Waals surface area (Å²) in [4.78, 5) is -0.426. The maximum atomic E-state index is 11.4. The Bertz CT molecular complexity index is 391. The third-order valence-electron chi connectivity index (χ3n) is 1.45. The van der Waals surface area contributed by atoms with Crippen LogP contribution in [-0.4, -0.2) is 37.4 Å². The normalized spacial score (nSPS) is 16.7. The molecule has 4 nitrogen and oxygen atoms in total. The highest BCUT2D eigenvalue weighted by Gasteiger charge is 2.51. The van der Waals surface area contributed by atoms with Crippen LogP contribution >= 0.6 is 47.8 Å². The van der Waals surface area contributed by atoms with Gasteiger partial charge >= 0.3 is 0 Å². The average molecular weight is 450 g/mol. The van der Waals surface area contributed by atoms with Gasteiger partial charge < -0.3 is 0 Å². The summed E-state index contributed by atoms with van der Waals surface area (Å²) in [5.41, 5.74) is 0.